The van der Waals surface area contributed by atoms with Crippen molar-refractivity contribution in [1.29, 1.82) is 0 Å². The molecule has 0 heterocycles. The number of hydrogen-bond donors (Lipinski definition) is 0. The molecule has 0 bridgehead atoms. The molecule has 0 fully saturated rings. The van der Waals surface area contributed by atoms with Gasteiger partial charge in [-0.1, -0.05) is 133 Å². The topological polar surface area (TPSA) is 96.0 Å². The lowest BCUT2D eigenvalue weighted by Gasteiger charge is -2.11. The first-order valence-electron chi connectivity index (χ1n) is 18.1. The lowest BCUT2D eigenvalue weighted by molar-refractivity contribution is 0.0722. The Balaban J connectivity index is 0.963. The highest BCUT2D eigenvalue weighted by Gasteiger charge is 2.19. The van der Waals surface area contributed by atoms with E-state index in [1.54, 1.807) is 97.1 Å². The second-order valence-corrected chi connectivity index (χ2v) is 13.1. The van der Waals surface area contributed by atoms with E-state index in [-0.39, 0.29) is 28.2 Å². The molecule has 0 aliphatic rings. The minimum Gasteiger partial charge on any atom is -0.423 e. The number of fused-ring (bicyclic) bond motifs is 1. The minimum atomic E-state index is -0.670. The quantitative estimate of drug-likeness (QED) is 0.0781. The van der Waals surface area contributed by atoms with Crippen LogP contribution in [0.5, 0.6) is 17.2 Å². The number of benzene rings is 8. The zero-order chi connectivity index (χ0) is 39.1. The first-order chi connectivity index (χ1) is 27.9. The smallest absolute Gasteiger partial charge is 0.343 e. The van der Waals surface area contributed by atoms with Gasteiger partial charge in [0.25, 0.3) is 0 Å². The van der Waals surface area contributed by atoms with Gasteiger partial charge in [-0.3, -0.25) is 4.79 Å². The Kier molecular flexibility index (Phi) is 10.3. The number of carbonyl (C=O) groups excluding carboxylic acids is 4. The Labute approximate surface area is 328 Å². The third-order valence-electron chi connectivity index (χ3n) is 9.33. The molecule has 0 aromatic heterocycles. The van der Waals surface area contributed by atoms with Crippen LogP contribution >= 0.6 is 0 Å². The van der Waals surface area contributed by atoms with Crippen molar-refractivity contribution in [3.05, 3.63) is 222 Å². The standard InChI is InChI=1S/C50H32O7/c51-47(36-17-11-18-38(29-36)49(53)56-45-23-9-7-21-43(45)34-13-3-1-4-14-34)37-26-25-33-27-28-42(32-41(33)30-37)55-48(52)39-19-12-20-40(31-39)50(54)57-46-24-10-8-22-44(46)35-15-5-2-6-16-35/h1-32H. The fourth-order valence-corrected chi connectivity index (χ4v) is 6.46. The summed E-state index contributed by atoms with van der Waals surface area (Å²) in [7, 11) is 0. The van der Waals surface area contributed by atoms with Crippen LogP contribution in [0.1, 0.15) is 47.0 Å². The van der Waals surface area contributed by atoms with Crippen LogP contribution < -0.4 is 14.2 Å². The molecule has 0 spiro atoms. The molecule has 7 nitrogen and oxygen atoms in total. The van der Waals surface area contributed by atoms with Crippen LogP contribution in [0.25, 0.3) is 33.0 Å². The molecule has 0 unspecified atom stereocenters. The van der Waals surface area contributed by atoms with Crippen LogP contribution in [0.4, 0.5) is 0 Å². The van der Waals surface area contributed by atoms with E-state index in [1.807, 2.05) is 84.9 Å². The number of ether oxygens (including phenoxy) is 3. The van der Waals surface area contributed by atoms with E-state index in [1.165, 1.54) is 12.1 Å². The van der Waals surface area contributed by atoms with Crippen LogP contribution in [-0.4, -0.2) is 23.7 Å². The van der Waals surface area contributed by atoms with Gasteiger partial charge in [0.1, 0.15) is 17.2 Å². The van der Waals surface area contributed by atoms with Crippen molar-refractivity contribution in [1.82, 2.24) is 0 Å². The van der Waals surface area contributed by atoms with Gasteiger partial charge >= 0.3 is 17.9 Å². The number of ketones is 1. The highest BCUT2D eigenvalue weighted by atomic mass is 16.5. The van der Waals surface area contributed by atoms with Crippen LogP contribution in [-0.2, 0) is 0 Å². The van der Waals surface area contributed by atoms with Gasteiger partial charge in [0.2, 0.25) is 0 Å². The lowest BCUT2D eigenvalue weighted by atomic mass is 9.98. The molecule has 8 aromatic carbocycles. The molecular weight excluding hydrogens is 713 g/mol. The molecule has 8 aromatic rings. The SMILES string of the molecule is O=C(Oc1ccc2ccc(C(=O)c3cccc(C(=O)Oc4ccccc4-c4ccccc4)c3)cc2c1)c1cccc(C(=O)Oc2ccccc2-c2ccccc2)c1. The molecule has 8 rings (SSSR count). The second-order valence-electron chi connectivity index (χ2n) is 13.1. The Morgan fingerprint density at radius 1 is 0.316 bits per heavy atom. The van der Waals surface area contributed by atoms with Gasteiger partial charge in [-0.25, -0.2) is 14.4 Å². The highest BCUT2D eigenvalue weighted by molar-refractivity contribution is 6.11. The molecule has 0 radical (unpaired) electrons. The van der Waals surface area contributed by atoms with Gasteiger partial charge in [0.15, 0.2) is 5.78 Å². The largest absolute Gasteiger partial charge is 0.423 e. The molecule has 0 aliphatic carbocycles. The van der Waals surface area contributed by atoms with Crippen molar-refractivity contribution in [3.8, 4) is 39.5 Å². The third kappa shape index (κ3) is 8.13. The van der Waals surface area contributed by atoms with Crippen LogP contribution in [0.2, 0.25) is 0 Å². The Morgan fingerprint density at radius 3 is 1.32 bits per heavy atom. The molecule has 0 atom stereocenters. The lowest BCUT2D eigenvalue weighted by Crippen LogP contribution is -2.13. The second kappa shape index (κ2) is 16.2. The van der Waals surface area contributed by atoms with Gasteiger partial charge in [-0.15, -0.1) is 0 Å². The number of hydrogen-bond acceptors (Lipinski definition) is 7. The van der Waals surface area contributed by atoms with Crippen molar-refractivity contribution < 1.29 is 33.4 Å². The van der Waals surface area contributed by atoms with Gasteiger partial charge in [-0.2, -0.15) is 0 Å². The van der Waals surface area contributed by atoms with Crippen molar-refractivity contribution in [2.75, 3.05) is 0 Å². The molecule has 0 saturated carbocycles. The van der Waals surface area contributed by atoms with Crippen LogP contribution in [0, 0.1) is 0 Å². The van der Waals surface area contributed by atoms with E-state index < -0.39 is 17.9 Å². The van der Waals surface area contributed by atoms with Gasteiger partial charge in [0, 0.05) is 22.3 Å². The van der Waals surface area contributed by atoms with Crippen molar-refractivity contribution in [3.63, 3.8) is 0 Å². The van der Waals surface area contributed by atoms with E-state index in [9.17, 15) is 19.2 Å². The summed E-state index contributed by atoms with van der Waals surface area (Å²) in [5, 5.41) is 1.48. The first-order valence-corrected chi connectivity index (χ1v) is 18.1. The average molecular weight is 745 g/mol. The Bertz CT molecular complexity index is 2790. The summed E-state index contributed by atoms with van der Waals surface area (Å²) in [5.74, 6) is -1.12. The van der Waals surface area contributed by atoms with Gasteiger partial charge in [-0.05, 0) is 82.6 Å². The molecule has 274 valence electrons. The van der Waals surface area contributed by atoms with Crippen LogP contribution in [0.3, 0.4) is 0 Å². The van der Waals surface area contributed by atoms with Gasteiger partial charge in [0.05, 0.1) is 16.7 Å². The van der Waals surface area contributed by atoms with E-state index in [2.05, 4.69) is 0 Å². The zero-order valence-electron chi connectivity index (χ0n) is 30.3. The molecule has 0 aliphatic heterocycles. The molecule has 0 N–H and O–H groups in total. The van der Waals surface area contributed by atoms with Crippen LogP contribution in [0.15, 0.2) is 194 Å². The fraction of sp³-hybridized carbons (Fsp3) is 0. The summed E-state index contributed by atoms with van der Waals surface area (Å²) in [4.78, 5) is 53.6. The van der Waals surface area contributed by atoms with E-state index >= 15 is 0 Å². The molecule has 0 amide bonds. The summed E-state index contributed by atoms with van der Waals surface area (Å²) in [6, 6.07) is 56.7. The zero-order valence-corrected chi connectivity index (χ0v) is 30.3. The summed E-state index contributed by atoms with van der Waals surface area (Å²) < 4.78 is 17.3. The molecule has 7 heteroatoms. The van der Waals surface area contributed by atoms with E-state index in [0.29, 0.717) is 28.0 Å². The maximum absolute atomic E-state index is 13.7. The van der Waals surface area contributed by atoms with Crippen molar-refractivity contribution in [2.45, 2.75) is 0 Å². The summed E-state index contributed by atoms with van der Waals surface area (Å²) >= 11 is 0. The fourth-order valence-electron chi connectivity index (χ4n) is 6.46. The first kappa shape index (κ1) is 36.1. The maximum Gasteiger partial charge on any atom is 0.343 e. The molecule has 0 saturated heterocycles. The summed E-state index contributed by atoms with van der Waals surface area (Å²) in [6.07, 6.45) is 0. The number of para-hydroxylation sites is 2. The van der Waals surface area contributed by atoms with Crippen molar-refractivity contribution >= 4 is 34.5 Å². The molecular formula is C50H32O7. The van der Waals surface area contributed by atoms with E-state index in [0.717, 1.165) is 27.6 Å². The molecule has 57 heavy (non-hydrogen) atoms. The predicted octanol–water partition coefficient (Wildman–Crippen LogP) is 11.1. The van der Waals surface area contributed by atoms with E-state index in [4.69, 9.17) is 14.2 Å². The minimum absolute atomic E-state index is 0.159. The highest BCUT2D eigenvalue weighted by Crippen LogP contribution is 2.32. The van der Waals surface area contributed by atoms with Crippen molar-refractivity contribution in [2.24, 2.45) is 0 Å². The number of carbonyl (C=O) groups is 4. The Hall–Kier alpha value is -7.90. The number of esters is 3. The Morgan fingerprint density at radius 2 is 0.754 bits per heavy atom. The van der Waals surface area contributed by atoms with Gasteiger partial charge < -0.3 is 14.2 Å². The number of rotatable bonds is 10. The average Bonchev–Trinajstić information content (AvgIpc) is 3.27. The maximum atomic E-state index is 13.7. The summed E-state index contributed by atoms with van der Waals surface area (Å²) in [5.41, 5.74) is 4.61. The normalized spacial score (nSPS) is 10.7. The monoisotopic (exact) mass is 744 g/mol. The predicted molar refractivity (Wildman–Crippen MR) is 219 cm³/mol. The third-order valence-corrected chi connectivity index (χ3v) is 9.33. The summed E-state index contributed by atoms with van der Waals surface area (Å²) in [6.45, 7) is 0.